The van der Waals surface area contributed by atoms with Gasteiger partial charge in [0.2, 0.25) is 12.7 Å². The van der Waals surface area contributed by atoms with Crippen molar-refractivity contribution in [3.63, 3.8) is 0 Å². The number of hydrogen-bond acceptors (Lipinski definition) is 5. The maximum Gasteiger partial charge on any atom is 0.237 e. The summed E-state index contributed by atoms with van der Waals surface area (Å²) >= 11 is 0. The zero-order valence-corrected chi connectivity index (χ0v) is 17.3. The Balaban J connectivity index is 1.34. The van der Waals surface area contributed by atoms with E-state index in [4.69, 9.17) is 9.47 Å². The number of carbonyl (C=O) groups is 1. The minimum Gasteiger partial charge on any atom is -0.454 e. The Morgan fingerprint density at radius 2 is 1.91 bits per heavy atom. The monoisotopic (exact) mass is 426 g/mol. The summed E-state index contributed by atoms with van der Waals surface area (Å²) in [5, 5.41) is 7.79. The van der Waals surface area contributed by atoms with Gasteiger partial charge in [-0.15, -0.1) is 0 Å². The van der Waals surface area contributed by atoms with Crippen molar-refractivity contribution in [3.05, 3.63) is 89.4 Å². The molecular formula is C25H22N4O3. The van der Waals surface area contributed by atoms with Gasteiger partial charge < -0.3 is 19.8 Å². The number of nitrogens with zero attached hydrogens (tertiary/aromatic N) is 1. The smallest absolute Gasteiger partial charge is 0.237 e. The molecule has 0 spiro atoms. The Morgan fingerprint density at radius 3 is 2.81 bits per heavy atom. The maximum absolute atomic E-state index is 13.2. The van der Waals surface area contributed by atoms with Crippen molar-refractivity contribution in [1.29, 1.82) is 0 Å². The lowest BCUT2D eigenvalue weighted by atomic mass is 9.90. The quantitative estimate of drug-likeness (QED) is 0.466. The zero-order chi connectivity index (χ0) is 21.5. The molecule has 0 radical (unpaired) electrons. The average molecular weight is 426 g/mol. The molecule has 4 heterocycles. The fraction of sp³-hybridized carbons (Fsp3) is 0.200. The lowest BCUT2D eigenvalue weighted by Gasteiger charge is -2.31. The lowest BCUT2D eigenvalue weighted by molar-refractivity contribution is -0.123. The Morgan fingerprint density at radius 1 is 1.06 bits per heavy atom. The molecule has 0 fully saturated rings. The number of rotatable bonds is 4. The molecular weight excluding hydrogens is 404 g/mol. The summed E-state index contributed by atoms with van der Waals surface area (Å²) in [7, 11) is 0. The summed E-state index contributed by atoms with van der Waals surface area (Å²) in [6.07, 6.45) is 4.07. The Hall–Kier alpha value is -3.84. The topological polar surface area (TPSA) is 88.3 Å². The van der Waals surface area contributed by atoms with Gasteiger partial charge in [-0.05, 0) is 53.4 Å². The third-order valence-corrected chi connectivity index (χ3v) is 6.17. The molecule has 7 nitrogen and oxygen atoms in total. The number of aromatic amines is 1. The van der Waals surface area contributed by atoms with E-state index in [1.54, 1.807) is 12.4 Å². The van der Waals surface area contributed by atoms with E-state index in [0.29, 0.717) is 13.0 Å². The Kier molecular flexibility index (Phi) is 4.54. The summed E-state index contributed by atoms with van der Waals surface area (Å²) in [4.78, 5) is 20.8. The van der Waals surface area contributed by atoms with E-state index in [1.807, 2.05) is 42.5 Å². The molecule has 32 heavy (non-hydrogen) atoms. The SMILES string of the molecule is O=C(NCc1ccncc1)C1Cc2c([nH]c3ccccc23)C(c2ccc3c(c2)OCO3)N1. The van der Waals surface area contributed by atoms with Crippen LogP contribution in [0.3, 0.4) is 0 Å². The van der Waals surface area contributed by atoms with E-state index in [9.17, 15) is 4.79 Å². The van der Waals surface area contributed by atoms with Gasteiger partial charge in [-0.3, -0.25) is 15.1 Å². The van der Waals surface area contributed by atoms with E-state index in [1.165, 1.54) is 5.56 Å². The van der Waals surface area contributed by atoms with Crippen LogP contribution in [0.2, 0.25) is 0 Å². The van der Waals surface area contributed by atoms with E-state index in [-0.39, 0.29) is 24.8 Å². The first-order chi connectivity index (χ1) is 15.8. The Labute approximate surface area is 184 Å². The van der Waals surface area contributed by atoms with Crippen molar-refractivity contribution in [2.45, 2.75) is 25.0 Å². The third kappa shape index (κ3) is 3.27. The van der Waals surface area contributed by atoms with Crippen LogP contribution in [-0.4, -0.2) is 28.7 Å². The molecule has 2 aromatic carbocycles. The summed E-state index contributed by atoms with van der Waals surface area (Å²) < 4.78 is 11.1. The first kappa shape index (κ1) is 18.9. The van der Waals surface area contributed by atoms with Crippen LogP contribution >= 0.6 is 0 Å². The fourth-order valence-electron chi connectivity index (χ4n) is 4.57. The van der Waals surface area contributed by atoms with Gasteiger partial charge in [0.05, 0.1) is 12.1 Å². The van der Waals surface area contributed by atoms with Crippen molar-refractivity contribution in [1.82, 2.24) is 20.6 Å². The van der Waals surface area contributed by atoms with Gasteiger partial charge in [0, 0.05) is 35.5 Å². The maximum atomic E-state index is 13.2. The van der Waals surface area contributed by atoms with Gasteiger partial charge in [0.1, 0.15) is 0 Å². The highest BCUT2D eigenvalue weighted by molar-refractivity contribution is 5.88. The molecule has 0 saturated carbocycles. The Bertz CT molecular complexity index is 1300. The number of amides is 1. The number of pyridine rings is 1. The highest BCUT2D eigenvalue weighted by Crippen LogP contribution is 2.39. The molecule has 1 amide bonds. The number of aromatic nitrogens is 2. The van der Waals surface area contributed by atoms with Crippen molar-refractivity contribution < 1.29 is 14.3 Å². The van der Waals surface area contributed by atoms with Crippen LogP contribution in [-0.2, 0) is 17.8 Å². The number of ether oxygens (including phenoxy) is 2. The second-order valence-corrected chi connectivity index (χ2v) is 8.11. The van der Waals surface area contributed by atoms with Gasteiger partial charge >= 0.3 is 0 Å². The van der Waals surface area contributed by atoms with Crippen LogP contribution in [0.15, 0.2) is 67.0 Å². The second kappa shape index (κ2) is 7.69. The standard InChI is InChI=1S/C25H22N4O3/c30-25(27-13-15-7-9-26-10-8-15)20-12-18-17-3-1-2-4-19(17)28-24(18)23(29-20)16-5-6-21-22(11-16)32-14-31-21/h1-11,20,23,28-29H,12-14H2,(H,27,30). The minimum absolute atomic E-state index is 0.0245. The second-order valence-electron chi connectivity index (χ2n) is 8.11. The highest BCUT2D eigenvalue weighted by atomic mass is 16.7. The number of carbonyl (C=O) groups excluding carboxylic acids is 1. The molecule has 2 aliphatic heterocycles. The van der Waals surface area contributed by atoms with Crippen LogP contribution in [0.1, 0.15) is 28.4 Å². The van der Waals surface area contributed by atoms with Gasteiger partial charge in [-0.1, -0.05) is 24.3 Å². The molecule has 160 valence electrons. The van der Waals surface area contributed by atoms with Crippen LogP contribution in [0.5, 0.6) is 11.5 Å². The zero-order valence-electron chi connectivity index (χ0n) is 17.3. The van der Waals surface area contributed by atoms with Gasteiger partial charge in [-0.25, -0.2) is 0 Å². The van der Waals surface area contributed by atoms with Crippen LogP contribution < -0.4 is 20.1 Å². The van der Waals surface area contributed by atoms with Crippen molar-refractivity contribution in [3.8, 4) is 11.5 Å². The number of fused-ring (bicyclic) bond motifs is 4. The summed E-state index contributed by atoms with van der Waals surface area (Å²) in [6.45, 7) is 0.698. The first-order valence-corrected chi connectivity index (χ1v) is 10.7. The third-order valence-electron chi connectivity index (χ3n) is 6.17. The van der Waals surface area contributed by atoms with E-state index in [0.717, 1.165) is 39.2 Å². The molecule has 4 aromatic rings. The molecule has 3 N–H and O–H groups in total. The number of benzene rings is 2. The van der Waals surface area contributed by atoms with Gasteiger partial charge in [-0.2, -0.15) is 0 Å². The summed E-state index contributed by atoms with van der Waals surface area (Å²) in [6, 6.07) is 17.5. The fourth-order valence-corrected chi connectivity index (χ4v) is 4.57. The number of para-hydroxylation sites is 1. The van der Waals surface area contributed by atoms with Crippen LogP contribution in [0.4, 0.5) is 0 Å². The minimum atomic E-state index is -0.362. The number of hydrogen-bond donors (Lipinski definition) is 3. The predicted molar refractivity (Wildman–Crippen MR) is 119 cm³/mol. The van der Waals surface area contributed by atoms with Crippen molar-refractivity contribution >= 4 is 16.8 Å². The normalized spacial score (nSPS) is 19.0. The van der Waals surface area contributed by atoms with Gasteiger partial charge in [0.15, 0.2) is 11.5 Å². The van der Waals surface area contributed by atoms with E-state index >= 15 is 0 Å². The van der Waals surface area contributed by atoms with E-state index < -0.39 is 0 Å². The van der Waals surface area contributed by atoms with Crippen LogP contribution in [0, 0.1) is 0 Å². The summed E-state index contributed by atoms with van der Waals surface area (Å²) in [5.74, 6) is 1.45. The summed E-state index contributed by atoms with van der Waals surface area (Å²) in [5.41, 5.74) is 5.37. The van der Waals surface area contributed by atoms with Crippen LogP contribution in [0.25, 0.3) is 10.9 Å². The number of H-pyrrole nitrogens is 1. The van der Waals surface area contributed by atoms with Crippen molar-refractivity contribution in [2.75, 3.05) is 6.79 Å². The highest BCUT2D eigenvalue weighted by Gasteiger charge is 2.34. The van der Waals surface area contributed by atoms with Crippen molar-refractivity contribution in [2.24, 2.45) is 0 Å². The first-order valence-electron chi connectivity index (χ1n) is 10.7. The molecule has 0 aliphatic carbocycles. The molecule has 0 saturated heterocycles. The molecule has 2 aromatic heterocycles. The largest absolute Gasteiger partial charge is 0.454 e. The predicted octanol–water partition coefficient (Wildman–Crippen LogP) is 3.21. The van der Waals surface area contributed by atoms with Gasteiger partial charge in [0.25, 0.3) is 0 Å². The van der Waals surface area contributed by atoms with E-state index in [2.05, 4.69) is 32.7 Å². The number of nitrogens with one attached hydrogen (secondary N) is 3. The average Bonchev–Trinajstić information content (AvgIpc) is 3.46. The molecule has 7 heteroatoms. The lowest BCUT2D eigenvalue weighted by Crippen LogP contribution is -2.49. The molecule has 6 rings (SSSR count). The molecule has 2 atom stereocenters. The molecule has 2 aliphatic rings. The molecule has 2 unspecified atom stereocenters. The molecule has 0 bridgehead atoms.